The number of nitrogens with zero attached hydrogens (tertiary/aromatic N) is 3. The van der Waals surface area contributed by atoms with Crippen molar-refractivity contribution in [3.05, 3.63) is 75.9 Å². The molecule has 0 radical (unpaired) electrons. The second kappa shape index (κ2) is 11.7. The minimum absolute atomic E-state index is 0.143. The lowest BCUT2D eigenvalue weighted by Crippen LogP contribution is -2.53. The highest BCUT2D eigenvalue weighted by Crippen LogP contribution is 2.69. The first-order valence-corrected chi connectivity index (χ1v) is 13.7. The van der Waals surface area contributed by atoms with E-state index in [4.69, 9.17) is 17.3 Å². The van der Waals surface area contributed by atoms with Gasteiger partial charge in [-0.25, -0.2) is 0 Å². The highest BCUT2D eigenvalue weighted by Gasteiger charge is 2.63. The molecule has 7 heteroatoms. The van der Waals surface area contributed by atoms with Crippen molar-refractivity contribution in [2.24, 2.45) is 16.1 Å². The summed E-state index contributed by atoms with van der Waals surface area (Å²) < 4.78 is 1.62. The summed E-state index contributed by atoms with van der Waals surface area (Å²) in [5.41, 5.74) is 9.09. The van der Waals surface area contributed by atoms with Gasteiger partial charge in [0.15, 0.2) is 0 Å². The van der Waals surface area contributed by atoms with Crippen LogP contribution in [0.25, 0.3) is 16.6 Å². The van der Waals surface area contributed by atoms with Gasteiger partial charge in [-0.05, 0) is 61.1 Å². The van der Waals surface area contributed by atoms with Crippen molar-refractivity contribution < 1.29 is 0 Å². The smallest absolute Gasteiger partial charge is 0.279 e. The summed E-state index contributed by atoms with van der Waals surface area (Å²) in [6.45, 7) is 12.5. The van der Waals surface area contributed by atoms with Crippen LogP contribution in [0.4, 0.5) is 0 Å². The van der Waals surface area contributed by atoms with Gasteiger partial charge in [0, 0.05) is 43.6 Å². The van der Waals surface area contributed by atoms with Crippen molar-refractivity contribution in [1.82, 2.24) is 14.5 Å². The number of hydrogen-bond acceptors (Lipinski definition) is 3. The van der Waals surface area contributed by atoms with Gasteiger partial charge in [0.1, 0.15) is 11.4 Å². The maximum absolute atomic E-state index is 13.3. The van der Waals surface area contributed by atoms with Crippen LogP contribution < -0.4 is 11.3 Å². The van der Waals surface area contributed by atoms with Gasteiger partial charge in [-0.2, -0.15) is 0 Å². The predicted molar refractivity (Wildman–Crippen MR) is 158 cm³/mol. The third-order valence-electron chi connectivity index (χ3n) is 7.26. The van der Waals surface area contributed by atoms with Gasteiger partial charge in [-0.3, -0.25) is 14.4 Å². The summed E-state index contributed by atoms with van der Waals surface area (Å²) in [5, 5.41) is 1.21. The standard InChI is InChI=1S/C25H28ClN5O.C3H8.C2H6/c1-4-30(3)23(28-2)25(14-24(15-25)8-9-24)16-6-5-7-18(10-16)31-13-20(26)19-11-17(12-27)29-21(19)22(31)32;1-3-2;1-2/h4-7,10-11,13,29H,1,8-9,12,14-15,27H2,2-3H3;3H2,1-2H3;1-2H3. The van der Waals surface area contributed by atoms with Crippen molar-refractivity contribution in [2.45, 2.75) is 71.8 Å². The van der Waals surface area contributed by atoms with Crippen LogP contribution in [-0.4, -0.2) is 34.4 Å². The van der Waals surface area contributed by atoms with E-state index in [1.807, 2.05) is 57.2 Å². The number of rotatable bonds is 5. The number of benzene rings is 1. The van der Waals surface area contributed by atoms with Gasteiger partial charge >= 0.3 is 0 Å². The Labute approximate surface area is 226 Å². The molecule has 2 saturated carbocycles. The number of aliphatic imine (C=N–C) groups is 1. The number of hydrogen-bond donors (Lipinski definition) is 2. The molecule has 1 aromatic carbocycles. The molecule has 2 heterocycles. The third kappa shape index (κ3) is 5.27. The van der Waals surface area contributed by atoms with Crippen molar-refractivity contribution in [3.8, 4) is 5.69 Å². The summed E-state index contributed by atoms with van der Waals surface area (Å²) in [5.74, 6) is 1.01. The molecular formula is C30H42ClN5O. The number of nitrogens with one attached hydrogen (secondary N) is 1. The molecule has 0 atom stereocenters. The summed E-state index contributed by atoms with van der Waals surface area (Å²) in [7, 11) is 3.84. The van der Waals surface area contributed by atoms with Crippen molar-refractivity contribution in [3.63, 3.8) is 0 Å². The van der Waals surface area contributed by atoms with Crippen LogP contribution in [0.1, 0.15) is 71.1 Å². The van der Waals surface area contributed by atoms with Gasteiger partial charge in [0.2, 0.25) is 0 Å². The van der Waals surface area contributed by atoms with E-state index < -0.39 is 0 Å². The van der Waals surface area contributed by atoms with Crippen LogP contribution in [0.5, 0.6) is 0 Å². The van der Waals surface area contributed by atoms with E-state index in [1.165, 1.54) is 24.8 Å². The number of nitrogens with two attached hydrogens (primary N) is 1. The molecule has 0 aliphatic heterocycles. The van der Waals surface area contributed by atoms with Crippen molar-refractivity contribution >= 4 is 28.3 Å². The lowest BCUT2D eigenvalue weighted by Gasteiger charge is -2.51. The Balaban J connectivity index is 0.000000711. The van der Waals surface area contributed by atoms with Crippen LogP contribution in [0.15, 0.2) is 59.1 Å². The van der Waals surface area contributed by atoms with E-state index in [0.717, 1.165) is 30.1 Å². The Morgan fingerprint density at radius 1 is 1.27 bits per heavy atom. The molecule has 2 aromatic heterocycles. The van der Waals surface area contributed by atoms with E-state index in [2.05, 4.69) is 42.5 Å². The number of likely N-dealkylation sites (N-methyl/N-ethyl adjacent to an activating group) is 1. The van der Waals surface area contributed by atoms with Crippen molar-refractivity contribution in [1.29, 1.82) is 0 Å². The summed E-state index contributed by atoms with van der Waals surface area (Å²) in [6.07, 6.45) is 9.46. The molecule has 37 heavy (non-hydrogen) atoms. The van der Waals surface area contributed by atoms with E-state index in [1.54, 1.807) is 10.8 Å². The van der Waals surface area contributed by atoms with E-state index >= 15 is 0 Å². The fraction of sp³-hybridized carbons (Fsp3) is 0.467. The maximum atomic E-state index is 13.3. The average molecular weight is 524 g/mol. The lowest BCUT2D eigenvalue weighted by atomic mass is 9.55. The lowest BCUT2D eigenvalue weighted by molar-refractivity contribution is 0.173. The quantitative estimate of drug-likeness (QED) is 0.285. The molecule has 200 valence electrons. The number of amidine groups is 1. The number of fused-ring (bicyclic) bond motifs is 1. The first kappa shape index (κ1) is 28.7. The summed E-state index contributed by atoms with van der Waals surface area (Å²) in [4.78, 5) is 23.1. The van der Waals surface area contributed by atoms with Crippen LogP contribution in [0, 0.1) is 5.41 Å². The molecule has 0 amide bonds. The molecule has 5 rings (SSSR count). The minimum Gasteiger partial charge on any atom is -0.353 e. The zero-order valence-electron chi connectivity index (χ0n) is 23.2. The highest BCUT2D eigenvalue weighted by atomic mass is 35.5. The molecular weight excluding hydrogens is 482 g/mol. The summed E-state index contributed by atoms with van der Waals surface area (Å²) >= 11 is 6.54. The van der Waals surface area contributed by atoms with Crippen LogP contribution in [0.3, 0.4) is 0 Å². The van der Waals surface area contributed by atoms with Gasteiger partial charge in [-0.15, -0.1) is 0 Å². The van der Waals surface area contributed by atoms with E-state index in [9.17, 15) is 4.79 Å². The third-order valence-corrected chi connectivity index (χ3v) is 7.56. The first-order valence-electron chi connectivity index (χ1n) is 13.3. The molecule has 1 spiro atoms. The van der Waals surface area contributed by atoms with Gasteiger partial charge in [-0.1, -0.05) is 64.4 Å². The zero-order valence-corrected chi connectivity index (χ0v) is 24.0. The largest absolute Gasteiger partial charge is 0.353 e. The Bertz CT molecular complexity index is 1320. The molecule has 6 nitrogen and oxygen atoms in total. The number of aromatic amines is 1. The molecule has 2 aliphatic rings. The molecule has 0 saturated heterocycles. The van der Waals surface area contributed by atoms with Crippen LogP contribution in [0.2, 0.25) is 5.02 Å². The number of pyridine rings is 1. The summed E-state index contributed by atoms with van der Waals surface area (Å²) in [6, 6.07) is 10.0. The Morgan fingerprint density at radius 2 is 1.92 bits per heavy atom. The normalized spacial score (nSPS) is 16.7. The van der Waals surface area contributed by atoms with Gasteiger partial charge < -0.3 is 15.6 Å². The van der Waals surface area contributed by atoms with Crippen LogP contribution >= 0.6 is 11.6 Å². The fourth-order valence-electron chi connectivity index (χ4n) is 5.53. The second-order valence-electron chi connectivity index (χ2n) is 9.97. The number of H-pyrrole nitrogens is 1. The Kier molecular flexibility index (Phi) is 9.09. The Hall–Kier alpha value is -2.83. The molecule has 3 N–H and O–H groups in total. The van der Waals surface area contributed by atoms with Crippen LogP contribution in [-0.2, 0) is 12.0 Å². The maximum Gasteiger partial charge on any atom is 0.279 e. The van der Waals surface area contributed by atoms with E-state index in [0.29, 0.717) is 27.9 Å². The average Bonchev–Trinajstić information content (AvgIpc) is 3.56. The van der Waals surface area contributed by atoms with E-state index in [-0.39, 0.29) is 11.0 Å². The molecule has 2 fully saturated rings. The SMILES string of the molecule is C=CN(C)C(=NC)C1(c2cccc(-n3cc(Cl)c4cc(CN)[nH]c4c3=O)c2)CC2(CC2)C1.CC.CCC. The number of halogens is 1. The van der Waals surface area contributed by atoms with Gasteiger partial charge in [0.05, 0.1) is 10.4 Å². The number of aromatic nitrogens is 2. The monoisotopic (exact) mass is 523 g/mol. The van der Waals surface area contributed by atoms with Gasteiger partial charge in [0.25, 0.3) is 5.56 Å². The fourth-order valence-corrected chi connectivity index (χ4v) is 5.78. The minimum atomic E-state index is -0.180. The molecule has 0 bridgehead atoms. The zero-order chi connectivity index (χ0) is 27.4. The molecule has 2 aliphatic carbocycles. The topological polar surface area (TPSA) is 79.4 Å². The molecule has 0 unspecified atom stereocenters. The first-order chi connectivity index (χ1) is 17.8. The van der Waals surface area contributed by atoms with Crippen molar-refractivity contribution in [2.75, 3.05) is 14.1 Å². The highest BCUT2D eigenvalue weighted by molar-refractivity contribution is 6.35. The predicted octanol–water partition coefficient (Wildman–Crippen LogP) is 6.79. The molecule has 3 aromatic rings. The second-order valence-corrected chi connectivity index (χ2v) is 10.4. The Morgan fingerprint density at radius 3 is 2.46 bits per heavy atom.